The van der Waals surface area contributed by atoms with Gasteiger partial charge < -0.3 is 10.0 Å². The van der Waals surface area contributed by atoms with Gasteiger partial charge in [0.2, 0.25) is 5.91 Å². The van der Waals surface area contributed by atoms with Gasteiger partial charge in [0.25, 0.3) is 0 Å². The van der Waals surface area contributed by atoms with Crippen molar-refractivity contribution in [2.24, 2.45) is 0 Å². The maximum absolute atomic E-state index is 12.1. The lowest BCUT2D eigenvalue weighted by atomic mass is 10.1. The van der Waals surface area contributed by atoms with Gasteiger partial charge in [-0.1, -0.05) is 0 Å². The SMILES string of the molecule is O=C(CCCCO)N1CCCC1c1ccsc1. The fourth-order valence-corrected chi connectivity index (χ4v) is 3.12. The van der Waals surface area contributed by atoms with Crippen LogP contribution in [0, 0.1) is 0 Å². The lowest BCUT2D eigenvalue weighted by molar-refractivity contribution is -0.132. The molecule has 1 unspecified atom stereocenters. The van der Waals surface area contributed by atoms with Crippen LogP contribution in [0.5, 0.6) is 0 Å². The van der Waals surface area contributed by atoms with Gasteiger partial charge >= 0.3 is 0 Å². The highest BCUT2D eigenvalue weighted by atomic mass is 32.1. The molecule has 0 aliphatic carbocycles. The van der Waals surface area contributed by atoms with Crippen LogP contribution in [0.25, 0.3) is 0 Å². The molecule has 1 aromatic rings. The molecule has 0 aromatic carbocycles. The largest absolute Gasteiger partial charge is 0.396 e. The van der Waals surface area contributed by atoms with Gasteiger partial charge in [-0.05, 0) is 48.1 Å². The Balaban J connectivity index is 1.93. The number of nitrogens with zero attached hydrogens (tertiary/aromatic N) is 1. The summed E-state index contributed by atoms with van der Waals surface area (Å²) >= 11 is 1.69. The minimum Gasteiger partial charge on any atom is -0.396 e. The van der Waals surface area contributed by atoms with Crippen molar-refractivity contribution in [3.05, 3.63) is 22.4 Å². The van der Waals surface area contributed by atoms with Crippen LogP contribution in [-0.4, -0.2) is 29.1 Å². The summed E-state index contributed by atoms with van der Waals surface area (Å²) in [4.78, 5) is 14.1. The van der Waals surface area contributed by atoms with Crippen molar-refractivity contribution in [2.45, 2.75) is 38.1 Å². The fraction of sp³-hybridized carbons (Fsp3) is 0.615. The maximum atomic E-state index is 12.1. The molecule has 1 atom stereocenters. The van der Waals surface area contributed by atoms with Gasteiger partial charge in [0.05, 0.1) is 6.04 Å². The quantitative estimate of drug-likeness (QED) is 0.819. The lowest BCUT2D eigenvalue weighted by Crippen LogP contribution is -2.30. The molecule has 94 valence electrons. The molecule has 3 nitrogen and oxygen atoms in total. The van der Waals surface area contributed by atoms with Crippen LogP contribution in [-0.2, 0) is 4.79 Å². The van der Waals surface area contributed by atoms with Crippen molar-refractivity contribution < 1.29 is 9.90 Å². The summed E-state index contributed by atoms with van der Waals surface area (Å²) in [5.41, 5.74) is 1.28. The van der Waals surface area contributed by atoms with Crippen LogP contribution >= 0.6 is 11.3 Å². The molecule has 0 saturated carbocycles. The molecule has 1 amide bonds. The van der Waals surface area contributed by atoms with Gasteiger partial charge in [-0.15, -0.1) is 0 Å². The van der Waals surface area contributed by atoms with Crippen molar-refractivity contribution in [1.29, 1.82) is 0 Å². The van der Waals surface area contributed by atoms with Gasteiger partial charge in [0.15, 0.2) is 0 Å². The minimum absolute atomic E-state index is 0.182. The lowest BCUT2D eigenvalue weighted by Gasteiger charge is -2.24. The smallest absolute Gasteiger partial charge is 0.223 e. The summed E-state index contributed by atoms with van der Waals surface area (Å²) in [5.74, 6) is 0.243. The highest BCUT2D eigenvalue weighted by Crippen LogP contribution is 2.33. The number of hydrogen-bond acceptors (Lipinski definition) is 3. The van der Waals surface area contributed by atoms with Gasteiger partial charge in [-0.25, -0.2) is 0 Å². The Labute approximate surface area is 106 Å². The number of rotatable bonds is 5. The van der Waals surface area contributed by atoms with Crippen molar-refractivity contribution in [1.82, 2.24) is 4.90 Å². The first-order valence-electron chi connectivity index (χ1n) is 6.25. The molecular weight excluding hydrogens is 234 g/mol. The standard InChI is InChI=1S/C13H19NO2S/c15-8-2-1-5-13(16)14-7-3-4-12(14)11-6-9-17-10-11/h6,9-10,12,15H,1-5,7-8H2. The van der Waals surface area contributed by atoms with E-state index in [4.69, 9.17) is 5.11 Å². The Morgan fingerprint density at radius 1 is 1.53 bits per heavy atom. The molecule has 1 fully saturated rings. The zero-order valence-electron chi connectivity index (χ0n) is 9.97. The molecule has 2 rings (SSSR count). The Bertz CT molecular complexity index is 350. The van der Waals surface area contributed by atoms with Gasteiger partial charge in [-0.3, -0.25) is 4.79 Å². The first-order valence-corrected chi connectivity index (χ1v) is 7.19. The summed E-state index contributed by atoms with van der Waals surface area (Å²) in [7, 11) is 0. The molecule has 1 N–H and O–H groups in total. The number of aliphatic hydroxyl groups is 1. The highest BCUT2D eigenvalue weighted by molar-refractivity contribution is 7.07. The summed E-state index contributed by atoms with van der Waals surface area (Å²) in [6, 6.07) is 2.41. The van der Waals surface area contributed by atoms with Crippen molar-refractivity contribution in [3.8, 4) is 0 Å². The molecular formula is C13H19NO2S. The molecule has 2 heterocycles. The van der Waals surface area contributed by atoms with E-state index in [0.717, 1.165) is 32.2 Å². The van der Waals surface area contributed by atoms with Crippen LogP contribution in [0.2, 0.25) is 0 Å². The van der Waals surface area contributed by atoms with Gasteiger partial charge in [0.1, 0.15) is 0 Å². The molecule has 1 aliphatic heterocycles. The van der Waals surface area contributed by atoms with E-state index in [1.165, 1.54) is 5.56 Å². The zero-order valence-corrected chi connectivity index (χ0v) is 10.8. The molecule has 1 saturated heterocycles. The minimum atomic E-state index is 0.182. The summed E-state index contributed by atoms with van der Waals surface area (Å²) in [5, 5.41) is 12.9. The van der Waals surface area contributed by atoms with E-state index in [2.05, 4.69) is 16.8 Å². The average Bonchev–Trinajstić information content (AvgIpc) is 2.99. The number of carbonyl (C=O) groups is 1. The van der Waals surface area contributed by atoms with E-state index in [1.54, 1.807) is 11.3 Å². The van der Waals surface area contributed by atoms with Crippen molar-refractivity contribution in [3.63, 3.8) is 0 Å². The molecule has 0 bridgehead atoms. The molecule has 0 radical (unpaired) electrons. The number of hydrogen-bond donors (Lipinski definition) is 1. The van der Waals surface area contributed by atoms with E-state index in [1.807, 2.05) is 4.90 Å². The second-order valence-electron chi connectivity index (χ2n) is 4.48. The summed E-state index contributed by atoms with van der Waals surface area (Å²) < 4.78 is 0. The first-order chi connectivity index (χ1) is 8.33. The summed E-state index contributed by atoms with van der Waals surface area (Å²) in [6.45, 7) is 1.07. The van der Waals surface area contributed by atoms with Crippen molar-refractivity contribution >= 4 is 17.2 Å². The zero-order chi connectivity index (χ0) is 12.1. The molecule has 1 aliphatic rings. The van der Waals surface area contributed by atoms with Crippen LogP contribution in [0.3, 0.4) is 0 Å². The maximum Gasteiger partial charge on any atom is 0.223 e. The predicted octanol–water partition coefficient (Wildman–Crippen LogP) is 2.57. The van der Waals surface area contributed by atoms with Gasteiger partial charge in [-0.2, -0.15) is 11.3 Å². The van der Waals surface area contributed by atoms with Crippen molar-refractivity contribution in [2.75, 3.05) is 13.2 Å². The van der Waals surface area contributed by atoms with Crippen LogP contribution < -0.4 is 0 Å². The predicted molar refractivity (Wildman–Crippen MR) is 68.9 cm³/mol. The fourth-order valence-electron chi connectivity index (χ4n) is 2.41. The average molecular weight is 253 g/mol. The number of thiophene rings is 1. The van der Waals surface area contributed by atoms with Gasteiger partial charge in [0, 0.05) is 19.6 Å². The molecule has 17 heavy (non-hydrogen) atoms. The Morgan fingerprint density at radius 2 is 2.41 bits per heavy atom. The second-order valence-corrected chi connectivity index (χ2v) is 5.26. The van der Waals surface area contributed by atoms with Crippen LogP contribution in [0.1, 0.15) is 43.7 Å². The summed E-state index contributed by atoms with van der Waals surface area (Å²) in [6.07, 6.45) is 4.28. The number of aliphatic hydroxyl groups excluding tert-OH is 1. The highest BCUT2D eigenvalue weighted by Gasteiger charge is 2.29. The van der Waals surface area contributed by atoms with Crippen LogP contribution in [0.15, 0.2) is 16.8 Å². The Kier molecular flexibility index (Phi) is 4.57. The first kappa shape index (κ1) is 12.6. The van der Waals surface area contributed by atoms with E-state index in [-0.39, 0.29) is 12.5 Å². The third-order valence-corrected chi connectivity index (χ3v) is 4.00. The molecule has 1 aromatic heterocycles. The monoisotopic (exact) mass is 253 g/mol. The van der Waals surface area contributed by atoms with Crippen LogP contribution in [0.4, 0.5) is 0 Å². The van der Waals surface area contributed by atoms with E-state index in [9.17, 15) is 4.79 Å². The van der Waals surface area contributed by atoms with E-state index < -0.39 is 0 Å². The topological polar surface area (TPSA) is 40.5 Å². The number of amides is 1. The van der Waals surface area contributed by atoms with E-state index in [0.29, 0.717) is 12.5 Å². The number of carbonyl (C=O) groups excluding carboxylic acids is 1. The molecule has 4 heteroatoms. The molecule has 0 spiro atoms. The normalized spacial score (nSPS) is 19.8. The Hall–Kier alpha value is -0.870. The third kappa shape index (κ3) is 3.07. The Morgan fingerprint density at radius 3 is 3.12 bits per heavy atom. The number of unbranched alkanes of at least 4 members (excludes halogenated alkanes) is 1. The second kappa shape index (κ2) is 6.17. The third-order valence-electron chi connectivity index (χ3n) is 3.30. The number of likely N-dealkylation sites (tertiary alicyclic amines) is 1. The van der Waals surface area contributed by atoms with E-state index >= 15 is 0 Å².